The van der Waals surface area contributed by atoms with Crippen LogP contribution in [-0.2, 0) is 11.2 Å². The molecule has 4 rings (SSSR count). The summed E-state index contributed by atoms with van der Waals surface area (Å²) >= 11 is 0. The molecule has 2 fully saturated rings. The first-order valence-electron chi connectivity index (χ1n) is 8.82. The molecule has 2 atom stereocenters. The van der Waals surface area contributed by atoms with Crippen molar-refractivity contribution in [2.75, 3.05) is 26.3 Å². The van der Waals surface area contributed by atoms with E-state index in [-0.39, 0.29) is 36.4 Å². The summed E-state index contributed by atoms with van der Waals surface area (Å²) in [6, 6.07) is 18.3. The van der Waals surface area contributed by atoms with Crippen molar-refractivity contribution in [3.8, 4) is 11.1 Å². The Morgan fingerprint density at radius 1 is 0.920 bits per heavy atom. The minimum absolute atomic E-state index is 0.0157. The zero-order valence-corrected chi connectivity index (χ0v) is 14.1. The molecule has 0 aromatic heterocycles. The topological polar surface area (TPSA) is 60.8 Å². The number of likely N-dealkylation sites (tertiary alicyclic amines) is 1. The van der Waals surface area contributed by atoms with Crippen molar-refractivity contribution < 1.29 is 15.0 Å². The second-order valence-electron chi connectivity index (χ2n) is 7.30. The fourth-order valence-electron chi connectivity index (χ4n) is 4.29. The minimum Gasteiger partial charge on any atom is -0.396 e. The molecule has 0 spiro atoms. The monoisotopic (exact) mass is 337 g/mol. The third-order valence-corrected chi connectivity index (χ3v) is 6.05. The molecule has 2 aromatic rings. The number of piperidine rings is 1. The second-order valence-corrected chi connectivity index (χ2v) is 7.30. The number of hydrogen-bond donors (Lipinski definition) is 2. The van der Waals surface area contributed by atoms with Gasteiger partial charge < -0.3 is 15.1 Å². The molecule has 2 aliphatic rings. The first-order chi connectivity index (χ1) is 12.2. The molecule has 2 N–H and O–H groups in total. The molecular weight excluding hydrogens is 314 g/mol. The minimum atomic E-state index is -0.339. The van der Waals surface area contributed by atoms with E-state index in [2.05, 4.69) is 24.3 Å². The van der Waals surface area contributed by atoms with Gasteiger partial charge in [-0.25, -0.2) is 0 Å². The van der Waals surface area contributed by atoms with E-state index in [4.69, 9.17) is 0 Å². The standard InChI is InChI=1S/C21H23NO3/c23-13-21(14-24)18-11-22(12-19(18)21)20(25)10-15-6-8-17(9-7-15)16-4-2-1-3-5-16/h1-9,18-19,23-24H,10-14H2. The van der Waals surface area contributed by atoms with Gasteiger partial charge in [-0.05, 0) is 28.5 Å². The Labute approximate surface area is 147 Å². The Hall–Kier alpha value is -2.17. The highest BCUT2D eigenvalue weighted by Crippen LogP contribution is 2.61. The van der Waals surface area contributed by atoms with E-state index in [1.807, 2.05) is 35.2 Å². The Kier molecular flexibility index (Phi) is 4.10. The maximum absolute atomic E-state index is 12.5. The number of carbonyl (C=O) groups is 1. The molecule has 1 aliphatic heterocycles. The fourth-order valence-corrected chi connectivity index (χ4v) is 4.29. The third-order valence-electron chi connectivity index (χ3n) is 6.05. The number of aliphatic hydroxyl groups is 2. The molecule has 1 saturated carbocycles. The van der Waals surface area contributed by atoms with Gasteiger partial charge in [0.05, 0.1) is 19.6 Å². The van der Waals surface area contributed by atoms with Gasteiger partial charge in [-0.2, -0.15) is 0 Å². The Morgan fingerprint density at radius 3 is 2.04 bits per heavy atom. The summed E-state index contributed by atoms with van der Waals surface area (Å²) in [6.07, 6.45) is 0.403. The Bertz CT molecular complexity index is 738. The summed E-state index contributed by atoms with van der Waals surface area (Å²) in [6.45, 7) is 1.35. The van der Waals surface area contributed by atoms with Crippen molar-refractivity contribution in [2.24, 2.45) is 17.3 Å². The van der Waals surface area contributed by atoms with E-state index in [9.17, 15) is 15.0 Å². The summed E-state index contributed by atoms with van der Waals surface area (Å²) in [5.41, 5.74) is 2.99. The summed E-state index contributed by atoms with van der Waals surface area (Å²) in [7, 11) is 0. The number of hydrogen-bond acceptors (Lipinski definition) is 3. The lowest BCUT2D eigenvalue weighted by Gasteiger charge is -2.24. The number of rotatable bonds is 5. The molecule has 0 bridgehead atoms. The van der Waals surface area contributed by atoms with Gasteiger partial charge in [0, 0.05) is 18.5 Å². The molecule has 2 unspecified atom stereocenters. The summed E-state index contributed by atoms with van der Waals surface area (Å²) in [5, 5.41) is 19.0. The normalized spacial score (nSPS) is 23.4. The van der Waals surface area contributed by atoms with Gasteiger partial charge in [0.2, 0.25) is 5.91 Å². The predicted molar refractivity (Wildman–Crippen MR) is 95.7 cm³/mol. The third kappa shape index (κ3) is 2.75. The lowest BCUT2D eigenvalue weighted by atomic mass is 10.0. The molecule has 25 heavy (non-hydrogen) atoms. The van der Waals surface area contributed by atoms with Gasteiger partial charge >= 0.3 is 0 Å². The van der Waals surface area contributed by atoms with Gasteiger partial charge in [-0.15, -0.1) is 0 Å². The molecule has 4 heteroatoms. The first kappa shape index (κ1) is 16.3. The largest absolute Gasteiger partial charge is 0.396 e. The molecule has 1 amide bonds. The highest BCUT2D eigenvalue weighted by Gasteiger charge is 2.67. The van der Waals surface area contributed by atoms with Gasteiger partial charge in [0.25, 0.3) is 0 Å². The van der Waals surface area contributed by atoms with E-state index in [0.29, 0.717) is 19.5 Å². The zero-order valence-electron chi connectivity index (χ0n) is 14.1. The van der Waals surface area contributed by atoms with Gasteiger partial charge in [-0.3, -0.25) is 4.79 Å². The number of fused-ring (bicyclic) bond motifs is 1. The van der Waals surface area contributed by atoms with Crippen LogP contribution in [0.4, 0.5) is 0 Å². The van der Waals surface area contributed by atoms with E-state index >= 15 is 0 Å². The van der Waals surface area contributed by atoms with Crippen molar-refractivity contribution in [1.82, 2.24) is 4.90 Å². The molecule has 0 radical (unpaired) electrons. The van der Waals surface area contributed by atoms with Crippen LogP contribution in [0.25, 0.3) is 11.1 Å². The highest BCUT2D eigenvalue weighted by atomic mass is 16.3. The smallest absolute Gasteiger partial charge is 0.227 e. The lowest BCUT2D eigenvalue weighted by Crippen LogP contribution is -2.37. The van der Waals surface area contributed by atoms with Crippen LogP contribution in [0.2, 0.25) is 0 Å². The first-order valence-corrected chi connectivity index (χ1v) is 8.82. The fraction of sp³-hybridized carbons (Fsp3) is 0.381. The van der Waals surface area contributed by atoms with E-state index in [1.54, 1.807) is 0 Å². The Balaban J connectivity index is 1.37. The molecule has 1 saturated heterocycles. The predicted octanol–water partition coefficient (Wildman–Crippen LogP) is 1.96. The second kappa shape index (κ2) is 6.28. The maximum Gasteiger partial charge on any atom is 0.227 e. The summed E-state index contributed by atoms with van der Waals surface area (Å²) in [4.78, 5) is 14.4. The van der Waals surface area contributed by atoms with Crippen LogP contribution < -0.4 is 0 Å². The van der Waals surface area contributed by atoms with Crippen molar-refractivity contribution in [2.45, 2.75) is 6.42 Å². The van der Waals surface area contributed by atoms with Crippen LogP contribution in [0, 0.1) is 17.3 Å². The van der Waals surface area contributed by atoms with E-state index in [1.165, 1.54) is 5.56 Å². The molecule has 1 heterocycles. The van der Waals surface area contributed by atoms with Gasteiger partial charge in [-0.1, -0.05) is 54.6 Å². The zero-order chi connectivity index (χ0) is 17.4. The Morgan fingerprint density at radius 2 is 1.48 bits per heavy atom. The van der Waals surface area contributed by atoms with Crippen LogP contribution in [0.5, 0.6) is 0 Å². The molecular formula is C21H23NO3. The number of nitrogens with zero attached hydrogens (tertiary/aromatic N) is 1. The quantitative estimate of drug-likeness (QED) is 0.877. The molecule has 130 valence electrons. The average molecular weight is 337 g/mol. The number of benzene rings is 2. The van der Waals surface area contributed by atoms with E-state index in [0.717, 1.165) is 11.1 Å². The van der Waals surface area contributed by atoms with Crippen LogP contribution in [0.1, 0.15) is 5.56 Å². The molecule has 2 aromatic carbocycles. The van der Waals surface area contributed by atoms with Crippen molar-refractivity contribution >= 4 is 5.91 Å². The molecule has 1 aliphatic carbocycles. The average Bonchev–Trinajstić information content (AvgIpc) is 3.01. The molecule has 4 nitrogen and oxygen atoms in total. The SMILES string of the molecule is O=C(Cc1ccc(-c2ccccc2)cc1)N1CC2C(C1)C2(CO)CO. The number of amides is 1. The van der Waals surface area contributed by atoms with Gasteiger partial charge in [0.15, 0.2) is 0 Å². The van der Waals surface area contributed by atoms with Crippen LogP contribution in [0.15, 0.2) is 54.6 Å². The maximum atomic E-state index is 12.5. The van der Waals surface area contributed by atoms with Crippen molar-refractivity contribution in [3.05, 3.63) is 60.2 Å². The van der Waals surface area contributed by atoms with Crippen LogP contribution in [0.3, 0.4) is 0 Å². The van der Waals surface area contributed by atoms with Crippen molar-refractivity contribution in [1.29, 1.82) is 0 Å². The number of carbonyl (C=O) groups excluding carboxylic acids is 1. The highest BCUT2D eigenvalue weighted by molar-refractivity contribution is 5.79. The number of aliphatic hydroxyl groups excluding tert-OH is 2. The lowest BCUT2D eigenvalue weighted by molar-refractivity contribution is -0.130. The van der Waals surface area contributed by atoms with Crippen LogP contribution in [-0.4, -0.2) is 47.3 Å². The van der Waals surface area contributed by atoms with Gasteiger partial charge in [0.1, 0.15) is 0 Å². The summed E-state index contributed by atoms with van der Waals surface area (Å²) < 4.78 is 0. The van der Waals surface area contributed by atoms with E-state index < -0.39 is 0 Å². The summed E-state index contributed by atoms with van der Waals surface area (Å²) in [5.74, 6) is 0.642. The van der Waals surface area contributed by atoms with Crippen molar-refractivity contribution in [3.63, 3.8) is 0 Å². The van der Waals surface area contributed by atoms with Crippen LogP contribution >= 0.6 is 0 Å².